The molecule has 0 bridgehead atoms. The number of carbonyl (C=O) groups excluding carboxylic acids is 2. The van der Waals surface area contributed by atoms with E-state index < -0.39 is 28.5 Å². The van der Waals surface area contributed by atoms with Crippen molar-refractivity contribution < 1.29 is 18.0 Å². The number of benzene rings is 3. The molecule has 0 aliphatic heterocycles. The van der Waals surface area contributed by atoms with E-state index in [1.54, 1.807) is 68.4 Å². The van der Waals surface area contributed by atoms with Crippen molar-refractivity contribution in [1.29, 1.82) is 0 Å². The van der Waals surface area contributed by atoms with Crippen LogP contribution >= 0.6 is 23.2 Å². The molecule has 2 amide bonds. The summed E-state index contributed by atoms with van der Waals surface area (Å²) in [7, 11) is -4.19. The molecular formula is C30H35Cl2N3O4S. The Morgan fingerprint density at radius 1 is 0.900 bits per heavy atom. The number of carbonyl (C=O) groups is 2. The summed E-state index contributed by atoms with van der Waals surface area (Å²) in [4.78, 5) is 28.6. The van der Waals surface area contributed by atoms with Crippen LogP contribution in [-0.4, -0.2) is 43.8 Å². The van der Waals surface area contributed by atoms with Crippen molar-refractivity contribution in [3.8, 4) is 0 Å². The van der Waals surface area contributed by atoms with Gasteiger partial charge in [-0.15, -0.1) is 0 Å². The number of sulfonamides is 1. The largest absolute Gasteiger partial charge is 0.352 e. The number of halogens is 2. The molecule has 214 valence electrons. The van der Waals surface area contributed by atoms with Gasteiger partial charge in [0.15, 0.2) is 0 Å². The third-order valence-corrected chi connectivity index (χ3v) is 9.41. The highest BCUT2D eigenvalue weighted by molar-refractivity contribution is 7.92. The van der Waals surface area contributed by atoms with E-state index in [1.807, 2.05) is 20.8 Å². The van der Waals surface area contributed by atoms with Crippen LogP contribution in [0, 0.1) is 13.8 Å². The second-order valence-corrected chi connectivity index (χ2v) is 12.5. The molecule has 0 saturated heterocycles. The lowest BCUT2D eigenvalue weighted by atomic mass is 10.1. The quantitative estimate of drug-likeness (QED) is 0.285. The maximum atomic E-state index is 14.0. The number of nitrogens with zero attached hydrogens (tertiary/aromatic N) is 2. The average molecular weight is 605 g/mol. The van der Waals surface area contributed by atoms with Crippen molar-refractivity contribution in [2.75, 3.05) is 10.8 Å². The van der Waals surface area contributed by atoms with Crippen LogP contribution in [0.1, 0.15) is 43.9 Å². The molecule has 0 saturated carbocycles. The molecule has 3 aromatic carbocycles. The summed E-state index contributed by atoms with van der Waals surface area (Å²) >= 11 is 12.8. The van der Waals surface area contributed by atoms with E-state index in [0.29, 0.717) is 27.6 Å². The van der Waals surface area contributed by atoms with E-state index >= 15 is 0 Å². The Bertz CT molecular complexity index is 1460. The van der Waals surface area contributed by atoms with E-state index in [0.717, 1.165) is 9.87 Å². The van der Waals surface area contributed by atoms with Crippen LogP contribution < -0.4 is 9.62 Å². The number of anilines is 1. The Morgan fingerprint density at radius 3 is 2.15 bits per heavy atom. The minimum atomic E-state index is -4.19. The van der Waals surface area contributed by atoms with Gasteiger partial charge in [0.25, 0.3) is 10.0 Å². The van der Waals surface area contributed by atoms with Crippen molar-refractivity contribution in [3.05, 3.63) is 93.5 Å². The van der Waals surface area contributed by atoms with E-state index in [4.69, 9.17) is 23.2 Å². The van der Waals surface area contributed by atoms with Crippen molar-refractivity contribution in [3.63, 3.8) is 0 Å². The van der Waals surface area contributed by atoms with Crippen LogP contribution in [0.25, 0.3) is 0 Å². The molecular weight excluding hydrogens is 569 g/mol. The van der Waals surface area contributed by atoms with Gasteiger partial charge in [0.1, 0.15) is 12.6 Å². The maximum absolute atomic E-state index is 14.0. The number of amides is 2. The van der Waals surface area contributed by atoms with E-state index in [2.05, 4.69) is 5.32 Å². The molecule has 40 heavy (non-hydrogen) atoms. The summed E-state index contributed by atoms with van der Waals surface area (Å²) in [5.41, 5.74) is 2.31. The lowest BCUT2D eigenvalue weighted by Gasteiger charge is -2.33. The zero-order valence-corrected chi connectivity index (χ0v) is 25.6. The third-order valence-electron chi connectivity index (χ3n) is 6.86. The zero-order chi connectivity index (χ0) is 29.6. The predicted octanol–water partition coefficient (Wildman–Crippen LogP) is 6.14. The molecule has 0 radical (unpaired) electrons. The van der Waals surface area contributed by atoms with Crippen LogP contribution in [0.4, 0.5) is 5.69 Å². The van der Waals surface area contributed by atoms with Crippen molar-refractivity contribution in [2.24, 2.45) is 0 Å². The summed E-state index contributed by atoms with van der Waals surface area (Å²) < 4.78 is 29.0. The van der Waals surface area contributed by atoms with Crippen LogP contribution in [0.15, 0.2) is 71.6 Å². The molecule has 1 N–H and O–H groups in total. The van der Waals surface area contributed by atoms with Crippen LogP contribution in [0.2, 0.25) is 10.0 Å². The molecule has 0 unspecified atom stereocenters. The molecule has 0 heterocycles. The van der Waals surface area contributed by atoms with E-state index in [1.165, 1.54) is 17.0 Å². The second kappa shape index (κ2) is 13.5. The third kappa shape index (κ3) is 7.36. The fourth-order valence-electron chi connectivity index (χ4n) is 4.08. The van der Waals surface area contributed by atoms with Gasteiger partial charge in [-0.1, -0.05) is 72.1 Å². The van der Waals surface area contributed by atoms with Crippen molar-refractivity contribution in [2.45, 2.75) is 64.6 Å². The highest BCUT2D eigenvalue weighted by Gasteiger charge is 2.33. The predicted molar refractivity (Wildman–Crippen MR) is 161 cm³/mol. The second-order valence-electron chi connectivity index (χ2n) is 9.82. The Balaban J connectivity index is 2.08. The summed E-state index contributed by atoms with van der Waals surface area (Å²) in [5, 5.41) is 3.71. The molecule has 3 aromatic rings. The molecule has 0 aromatic heterocycles. The van der Waals surface area contributed by atoms with E-state index in [9.17, 15) is 18.0 Å². The average Bonchev–Trinajstić information content (AvgIpc) is 2.92. The summed E-state index contributed by atoms with van der Waals surface area (Å²) in [6.45, 7) is 8.46. The van der Waals surface area contributed by atoms with Gasteiger partial charge in [-0.05, 0) is 75.6 Å². The fourth-order valence-corrected chi connectivity index (χ4v) is 5.91. The van der Waals surface area contributed by atoms with Crippen molar-refractivity contribution in [1.82, 2.24) is 10.2 Å². The van der Waals surface area contributed by atoms with Crippen LogP contribution in [-0.2, 0) is 26.2 Å². The van der Waals surface area contributed by atoms with Gasteiger partial charge < -0.3 is 10.2 Å². The number of rotatable bonds is 11. The van der Waals surface area contributed by atoms with Gasteiger partial charge in [0, 0.05) is 22.6 Å². The zero-order valence-electron chi connectivity index (χ0n) is 23.3. The maximum Gasteiger partial charge on any atom is 0.264 e. The first kappa shape index (κ1) is 31.5. The molecule has 0 fully saturated rings. The number of aryl methyl sites for hydroxylation is 1. The smallest absolute Gasteiger partial charge is 0.264 e. The Hall–Kier alpha value is -3.07. The standard InChI is InChI=1S/C30H35Cl2N3O4S/c1-6-21(3)33-30(37)23(5)34(18-24-10-7-8-11-27(24)32)29(36)19-35(28-13-9-12-26(31)22(28)4)40(38,39)25-16-14-20(2)15-17-25/h7-17,21,23H,6,18-19H2,1-5H3,(H,33,37)/t21-,23-/m0/s1. The molecule has 10 heteroatoms. The normalized spacial score (nSPS) is 12.9. The molecule has 0 aliphatic carbocycles. The first-order chi connectivity index (χ1) is 18.9. The summed E-state index contributed by atoms with van der Waals surface area (Å²) in [5.74, 6) is -0.914. The highest BCUT2D eigenvalue weighted by Crippen LogP contribution is 2.31. The monoisotopic (exact) mass is 603 g/mol. The van der Waals surface area contributed by atoms with Gasteiger partial charge in [0.2, 0.25) is 11.8 Å². The molecule has 0 spiro atoms. The molecule has 7 nitrogen and oxygen atoms in total. The number of hydrogen-bond donors (Lipinski definition) is 1. The van der Waals surface area contributed by atoms with Gasteiger partial charge >= 0.3 is 0 Å². The van der Waals surface area contributed by atoms with Crippen LogP contribution in [0.5, 0.6) is 0 Å². The number of hydrogen-bond acceptors (Lipinski definition) is 4. The van der Waals surface area contributed by atoms with Gasteiger partial charge in [-0.2, -0.15) is 0 Å². The summed E-state index contributed by atoms with van der Waals surface area (Å²) in [6, 6.07) is 17.3. The first-order valence-corrected chi connectivity index (χ1v) is 15.2. The van der Waals surface area contributed by atoms with Gasteiger partial charge in [-0.25, -0.2) is 8.42 Å². The lowest BCUT2D eigenvalue weighted by molar-refractivity contribution is -0.139. The minimum absolute atomic E-state index is 0.0144. The fraction of sp³-hybridized carbons (Fsp3) is 0.333. The van der Waals surface area contributed by atoms with E-state index in [-0.39, 0.29) is 29.1 Å². The summed E-state index contributed by atoms with van der Waals surface area (Å²) in [6.07, 6.45) is 0.716. The van der Waals surface area contributed by atoms with Crippen molar-refractivity contribution >= 4 is 50.7 Å². The van der Waals surface area contributed by atoms with Crippen LogP contribution in [0.3, 0.4) is 0 Å². The molecule has 3 rings (SSSR count). The Morgan fingerprint density at radius 2 is 1.52 bits per heavy atom. The molecule has 0 aliphatic rings. The highest BCUT2D eigenvalue weighted by atomic mass is 35.5. The van der Waals surface area contributed by atoms with Gasteiger partial charge in [0.05, 0.1) is 10.6 Å². The Kier molecular flexibility index (Phi) is 10.6. The lowest BCUT2D eigenvalue weighted by Crippen LogP contribution is -2.52. The Labute approximate surface area is 247 Å². The SMILES string of the molecule is CC[C@H](C)NC(=O)[C@H](C)N(Cc1ccccc1Cl)C(=O)CN(c1cccc(Cl)c1C)S(=O)(=O)c1ccc(C)cc1. The minimum Gasteiger partial charge on any atom is -0.352 e. The first-order valence-electron chi connectivity index (χ1n) is 13.0. The topological polar surface area (TPSA) is 86.8 Å². The van der Waals surface area contributed by atoms with Gasteiger partial charge in [-0.3, -0.25) is 13.9 Å². The molecule has 2 atom stereocenters. The number of nitrogens with one attached hydrogen (secondary N) is 1.